The first kappa shape index (κ1) is 13.9. The highest BCUT2D eigenvalue weighted by Gasteiger charge is 2.18. The predicted molar refractivity (Wildman–Crippen MR) is 61.8 cm³/mol. The van der Waals surface area contributed by atoms with Gasteiger partial charge in [-0.15, -0.1) is 0 Å². The van der Waals surface area contributed by atoms with Crippen LogP contribution in [0.15, 0.2) is 12.1 Å². The van der Waals surface area contributed by atoms with Gasteiger partial charge in [-0.1, -0.05) is 0 Å². The van der Waals surface area contributed by atoms with Crippen molar-refractivity contribution in [3.63, 3.8) is 0 Å². The van der Waals surface area contributed by atoms with Gasteiger partial charge >= 0.3 is 0 Å². The van der Waals surface area contributed by atoms with Gasteiger partial charge in [0.15, 0.2) is 5.82 Å². The highest BCUT2D eigenvalue weighted by atomic mass is 19.1. The maximum Gasteiger partial charge on any atom is 0.257 e. The smallest absolute Gasteiger partial charge is 0.257 e. The SMILES string of the molecule is CC(=O)NCCNC(=O)c1c(F)ccc(N)c1F. The summed E-state index contributed by atoms with van der Waals surface area (Å²) in [6.45, 7) is 1.55. The van der Waals surface area contributed by atoms with E-state index in [-0.39, 0.29) is 24.7 Å². The number of hydrogen-bond donors (Lipinski definition) is 3. The Kier molecular flexibility index (Phi) is 4.59. The second-order valence-corrected chi connectivity index (χ2v) is 3.56. The van der Waals surface area contributed by atoms with Gasteiger partial charge in [-0.2, -0.15) is 0 Å². The molecule has 4 N–H and O–H groups in total. The third kappa shape index (κ3) is 3.41. The average Bonchev–Trinajstić information content (AvgIpc) is 2.30. The van der Waals surface area contributed by atoms with Gasteiger partial charge in [0.1, 0.15) is 11.4 Å². The Hall–Kier alpha value is -2.18. The van der Waals surface area contributed by atoms with Crippen LogP contribution >= 0.6 is 0 Å². The molecule has 0 aliphatic heterocycles. The van der Waals surface area contributed by atoms with Crippen LogP contribution in [0.3, 0.4) is 0 Å². The van der Waals surface area contributed by atoms with Crippen molar-refractivity contribution in [2.24, 2.45) is 0 Å². The maximum absolute atomic E-state index is 13.5. The van der Waals surface area contributed by atoms with Crippen LogP contribution in [0, 0.1) is 11.6 Å². The normalized spacial score (nSPS) is 9.94. The standard InChI is InChI=1S/C11H13F2N3O2/c1-6(17)15-4-5-16-11(18)9-7(12)2-3-8(14)10(9)13/h2-3H,4-5,14H2,1H3,(H,15,17)(H,16,18). The minimum atomic E-state index is -1.09. The van der Waals surface area contributed by atoms with Gasteiger partial charge in [0.25, 0.3) is 5.91 Å². The molecule has 0 bridgehead atoms. The van der Waals surface area contributed by atoms with E-state index >= 15 is 0 Å². The van der Waals surface area contributed by atoms with Gasteiger partial charge in [0, 0.05) is 20.0 Å². The zero-order chi connectivity index (χ0) is 13.7. The van der Waals surface area contributed by atoms with Crippen molar-refractivity contribution in [1.29, 1.82) is 0 Å². The van der Waals surface area contributed by atoms with Gasteiger partial charge in [0.05, 0.1) is 5.69 Å². The molecule has 0 fully saturated rings. The van der Waals surface area contributed by atoms with Gasteiger partial charge < -0.3 is 16.4 Å². The second-order valence-electron chi connectivity index (χ2n) is 3.56. The first-order valence-corrected chi connectivity index (χ1v) is 5.19. The number of benzene rings is 1. The number of anilines is 1. The molecule has 1 aromatic carbocycles. The Morgan fingerprint density at radius 1 is 1.22 bits per heavy atom. The van der Waals surface area contributed by atoms with Crippen molar-refractivity contribution in [2.75, 3.05) is 18.8 Å². The maximum atomic E-state index is 13.5. The van der Waals surface area contributed by atoms with Crippen LogP contribution in [0.25, 0.3) is 0 Å². The molecule has 98 valence electrons. The van der Waals surface area contributed by atoms with Crippen molar-refractivity contribution in [3.8, 4) is 0 Å². The predicted octanol–water partition coefficient (Wildman–Crippen LogP) is 0.413. The summed E-state index contributed by atoms with van der Waals surface area (Å²) in [7, 11) is 0. The van der Waals surface area contributed by atoms with E-state index in [2.05, 4.69) is 10.6 Å². The Balaban J connectivity index is 2.67. The lowest BCUT2D eigenvalue weighted by Gasteiger charge is -2.08. The number of amides is 2. The summed E-state index contributed by atoms with van der Waals surface area (Å²) in [4.78, 5) is 22.1. The molecule has 7 heteroatoms. The molecule has 0 unspecified atom stereocenters. The van der Waals surface area contributed by atoms with Crippen LogP contribution in [-0.4, -0.2) is 24.9 Å². The highest BCUT2D eigenvalue weighted by Crippen LogP contribution is 2.18. The third-order valence-electron chi connectivity index (χ3n) is 2.13. The molecule has 1 aromatic rings. The minimum absolute atomic E-state index is 0.0616. The summed E-state index contributed by atoms with van der Waals surface area (Å²) in [6, 6.07) is 1.96. The number of hydrogen-bond acceptors (Lipinski definition) is 3. The summed E-state index contributed by atoms with van der Waals surface area (Å²) in [5, 5.41) is 4.70. The van der Waals surface area contributed by atoms with Crippen LogP contribution in [0.2, 0.25) is 0 Å². The van der Waals surface area contributed by atoms with E-state index in [0.717, 1.165) is 12.1 Å². The number of nitrogen functional groups attached to an aromatic ring is 1. The molecule has 0 aromatic heterocycles. The van der Waals surface area contributed by atoms with E-state index in [1.54, 1.807) is 0 Å². The van der Waals surface area contributed by atoms with Crippen molar-refractivity contribution in [2.45, 2.75) is 6.92 Å². The molecule has 1 rings (SSSR count). The molecule has 0 heterocycles. The monoisotopic (exact) mass is 257 g/mol. The zero-order valence-corrected chi connectivity index (χ0v) is 9.72. The summed E-state index contributed by atoms with van der Waals surface area (Å²) in [5.41, 5.74) is 4.22. The molecule has 2 amide bonds. The lowest BCUT2D eigenvalue weighted by atomic mass is 10.1. The molecule has 0 aliphatic rings. The molecule has 0 spiro atoms. The van der Waals surface area contributed by atoms with Gasteiger partial charge in [0.2, 0.25) is 5.91 Å². The second kappa shape index (κ2) is 5.95. The van der Waals surface area contributed by atoms with Crippen LogP contribution < -0.4 is 16.4 Å². The average molecular weight is 257 g/mol. The van der Waals surface area contributed by atoms with Crippen molar-refractivity contribution >= 4 is 17.5 Å². The zero-order valence-electron chi connectivity index (χ0n) is 9.72. The number of carbonyl (C=O) groups excluding carboxylic acids is 2. The van der Waals surface area contributed by atoms with Gasteiger partial charge in [-0.3, -0.25) is 9.59 Å². The number of rotatable bonds is 4. The first-order chi connectivity index (χ1) is 8.43. The summed E-state index contributed by atoms with van der Waals surface area (Å²) < 4.78 is 26.7. The third-order valence-corrected chi connectivity index (χ3v) is 2.13. The van der Waals surface area contributed by atoms with Gasteiger partial charge in [-0.05, 0) is 12.1 Å². The van der Waals surface area contributed by atoms with Crippen molar-refractivity contribution in [3.05, 3.63) is 29.3 Å². The molecule has 0 atom stereocenters. The fourth-order valence-electron chi connectivity index (χ4n) is 1.28. The minimum Gasteiger partial charge on any atom is -0.396 e. The quantitative estimate of drug-likeness (QED) is 0.539. The topological polar surface area (TPSA) is 84.2 Å². The van der Waals surface area contributed by atoms with E-state index in [1.807, 2.05) is 0 Å². The number of nitrogens with one attached hydrogen (secondary N) is 2. The van der Waals surface area contributed by atoms with Crippen LogP contribution in [0.4, 0.5) is 14.5 Å². The Morgan fingerprint density at radius 2 is 1.83 bits per heavy atom. The fraction of sp³-hybridized carbons (Fsp3) is 0.273. The first-order valence-electron chi connectivity index (χ1n) is 5.19. The highest BCUT2D eigenvalue weighted by molar-refractivity contribution is 5.95. The fourth-order valence-corrected chi connectivity index (χ4v) is 1.28. The number of carbonyl (C=O) groups is 2. The molecule has 18 heavy (non-hydrogen) atoms. The Labute approximate surface area is 102 Å². The van der Waals surface area contributed by atoms with Crippen LogP contribution in [0.1, 0.15) is 17.3 Å². The molecule has 0 aliphatic carbocycles. The van der Waals surface area contributed by atoms with E-state index in [0.29, 0.717) is 0 Å². The molecular weight excluding hydrogens is 244 g/mol. The summed E-state index contributed by atoms with van der Waals surface area (Å²) >= 11 is 0. The largest absolute Gasteiger partial charge is 0.396 e. The van der Waals surface area contributed by atoms with Crippen molar-refractivity contribution in [1.82, 2.24) is 10.6 Å². The number of nitrogens with two attached hydrogens (primary N) is 1. The molecular formula is C11H13F2N3O2. The number of halogens is 2. The van der Waals surface area contributed by atoms with Crippen molar-refractivity contribution < 1.29 is 18.4 Å². The lowest BCUT2D eigenvalue weighted by Crippen LogP contribution is -2.34. The molecule has 0 radical (unpaired) electrons. The van der Waals surface area contributed by atoms with E-state index in [9.17, 15) is 18.4 Å². The van der Waals surface area contributed by atoms with E-state index in [4.69, 9.17) is 5.73 Å². The summed E-state index contributed by atoms with van der Waals surface area (Å²) in [6.07, 6.45) is 0. The van der Waals surface area contributed by atoms with E-state index < -0.39 is 23.1 Å². The molecule has 0 saturated carbocycles. The van der Waals surface area contributed by atoms with Crippen LogP contribution in [-0.2, 0) is 4.79 Å². The Bertz CT molecular complexity index is 478. The Morgan fingerprint density at radius 3 is 2.44 bits per heavy atom. The molecule has 0 saturated heterocycles. The molecule has 5 nitrogen and oxygen atoms in total. The summed E-state index contributed by atoms with van der Waals surface area (Å²) in [5.74, 6) is -3.25. The van der Waals surface area contributed by atoms with Gasteiger partial charge in [-0.25, -0.2) is 8.78 Å². The lowest BCUT2D eigenvalue weighted by molar-refractivity contribution is -0.118. The van der Waals surface area contributed by atoms with Crippen LogP contribution in [0.5, 0.6) is 0 Å². The van der Waals surface area contributed by atoms with E-state index in [1.165, 1.54) is 6.92 Å².